The first-order chi connectivity index (χ1) is 11.6. The van der Waals surface area contributed by atoms with Gasteiger partial charge in [-0.2, -0.15) is 0 Å². The van der Waals surface area contributed by atoms with Gasteiger partial charge in [0.25, 0.3) is 11.8 Å². The maximum Gasteiger partial charge on any atom is 0.258 e. The SMILES string of the molecule is CCCc1ccc(Oc2ccc(N3C(=O)C=CC3=O)cc2)c(F)c1. The van der Waals surface area contributed by atoms with Gasteiger partial charge < -0.3 is 4.74 Å². The lowest BCUT2D eigenvalue weighted by Gasteiger charge is -2.14. The van der Waals surface area contributed by atoms with Crippen LogP contribution in [0, 0.1) is 5.82 Å². The van der Waals surface area contributed by atoms with Gasteiger partial charge in [-0.25, -0.2) is 9.29 Å². The number of rotatable bonds is 5. The summed E-state index contributed by atoms with van der Waals surface area (Å²) < 4.78 is 19.6. The van der Waals surface area contributed by atoms with E-state index in [1.54, 1.807) is 30.3 Å². The first-order valence-electron chi connectivity index (χ1n) is 7.71. The van der Waals surface area contributed by atoms with Crippen molar-refractivity contribution in [2.45, 2.75) is 19.8 Å². The van der Waals surface area contributed by atoms with Crippen LogP contribution in [-0.4, -0.2) is 11.8 Å². The molecule has 0 fully saturated rings. The molecule has 1 aliphatic heterocycles. The first-order valence-corrected chi connectivity index (χ1v) is 7.71. The van der Waals surface area contributed by atoms with E-state index in [0.29, 0.717) is 11.4 Å². The zero-order valence-corrected chi connectivity index (χ0v) is 13.2. The van der Waals surface area contributed by atoms with Crippen molar-refractivity contribution < 1.29 is 18.7 Å². The molecular weight excluding hydrogens is 309 g/mol. The van der Waals surface area contributed by atoms with E-state index in [1.165, 1.54) is 18.2 Å². The Balaban J connectivity index is 1.75. The van der Waals surface area contributed by atoms with E-state index in [0.717, 1.165) is 23.3 Å². The third kappa shape index (κ3) is 3.20. The van der Waals surface area contributed by atoms with Crippen molar-refractivity contribution in [2.24, 2.45) is 0 Å². The van der Waals surface area contributed by atoms with Crippen molar-refractivity contribution in [3.05, 3.63) is 66.0 Å². The molecule has 1 aliphatic rings. The van der Waals surface area contributed by atoms with Gasteiger partial charge in [-0.15, -0.1) is 0 Å². The summed E-state index contributed by atoms with van der Waals surface area (Å²) in [5, 5.41) is 0. The molecule has 0 saturated heterocycles. The molecule has 0 unspecified atom stereocenters. The number of anilines is 1. The van der Waals surface area contributed by atoms with Crippen LogP contribution in [0.1, 0.15) is 18.9 Å². The van der Waals surface area contributed by atoms with E-state index in [4.69, 9.17) is 4.74 Å². The van der Waals surface area contributed by atoms with E-state index >= 15 is 0 Å². The predicted octanol–water partition coefficient (Wildman–Crippen LogP) is 4.00. The van der Waals surface area contributed by atoms with Gasteiger partial charge in [-0.05, 0) is 48.4 Å². The Hall–Kier alpha value is -2.95. The molecule has 0 atom stereocenters. The lowest BCUT2D eigenvalue weighted by molar-refractivity contribution is -0.119. The number of imide groups is 1. The smallest absolute Gasteiger partial charge is 0.258 e. The topological polar surface area (TPSA) is 46.6 Å². The molecule has 0 spiro atoms. The van der Waals surface area contributed by atoms with Gasteiger partial charge in [0.2, 0.25) is 0 Å². The van der Waals surface area contributed by atoms with E-state index in [2.05, 4.69) is 0 Å². The highest BCUT2D eigenvalue weighted by Gasteiger charge is 2.24. The number of aryl methyl sites for hydroxylation is 1. The number of hydrogen-bond acceptors (Lipinski definition) is 3. The molecule has 0 bridgehead atoms. The summed E-state index contributed by atoms with van der Waals surface area (Å²) in [4.78, 5) is 24.3. The predicted molar refractivity (Wildman–Crippen MR) is 88.5 cm³/mol. The lowest BCUT2D eigenvalue weighted by Crippen LogP contribution is -2.29. The maximum absolute atomic E-state index is 14.1. The fraction of sp³-hybridized carbons (Fsp3) is 0.158. The average molecular weight is 325 g/mol. The van der Waals surface area contributed by atoms with Crippen molar-refractivity contribution >= 4 is 17.5 Å². The van der Waals surface area contributed by atoms with Crippen LogP contribution in [0.4, 0.5) is 10.1 Å². The minimum absolute atomic E-state index is 0.137. The average Bonchev–Trinajstić information content (AvgIpc) is 2.90. The third-order valence-electron chi connectivity index (χ3n) is 3.67. The fourth-order valence-corrected chi connectivity index (χ4v) is 2.52. The van der Waals surface area contributed by atoms with Crippen LogP contribution in [0.15, 0.2) is 54.6 Å². The molecule has 4 nitrogen and oxygen atoms in total. The molecule has 0 radical (unpaired) electrons. The summed E-state index contributed by atoms with van der Waals surface area (Å²) in [6.45, 7) is 2.04. The molecule has 24 heavy (non-hydrogen) atoms. The molecule has 1 heterocycles. The number of amides is 2. The number of ether oxygens (including phenoxy) is 1. The first kappa shape index (κ1) is 15.9. The van der Waals surface area contributed by atoms with Gasteiger partial charge in [0.1, 0.15) is 5.75 Å². The molecule has 3 rings (SSSR count). The van der Waals surface area contributed by atoms with Crippen molar-refractivity contribution in [3.63, 3.8) is 0 Å². The number of benzene rings is 2. The monoisotopic (exact) mass is 325 g/mol. The largest absolute Gasteiger partial charge is 0.454 e. The zero-order chi connectivity index (χ0) is 17.1. The van der Waals surface area contributed by atoms with Gasteiger partial charge in [0, 0.05) is 12.2 Å². The summed E-state index contributed by atoms with van der Waals surface area (Å²) in [6, 6.07) is 11.3. The second-order valence-corrected chi connectivity index (χ2v) is 5.46. The Labute approximate surface area is 139 Å². The molecule has 2 aromatic rings. The minimum Gasteiger partial charge on any atom is -0.454 e. The highest BCUT2D eigenvalue weighted by Crippen LogP contribution is 2.28. The summed E-state index contributed by atoms with van der Waals surface area (Å²) in [7, 11) is 0. The molecule has 5 heteroatoms. The maximum atomic E-state index is 14.1. The second-order valence-electron chi connectivity index (χ2n) is 5.46. The zero-order valence-electron chi connectivity index (χ0n) is 13.2. The number of carbonyl (C=O) groups is 2. The number of nitrogens with zero attached hydrogens (tertiary/aromatic N) is 1. The Morgan fingerprint density at radius 1 is 1.00 bits per heavy atom. The molecule has 122 valence electrons. The van der Waals surface area contributed by atoms with Gasteiger partial charge in [0.15, 0.2) is 11.6 Å². The van der Waals surface area contributed by atoms with Gasteiger partial charge >= 0.3 is 0 Å². The van der Waals surface area contributed by atoms with Crippen molar-refractivity contribution in [2.75, 3.05) is 4.90 Å². The van der Waals surface area contributed by atoms with Crippen molar-refractivity contribution in [1.29, 1.82) is 0 Å². The quantitative estimate of drug-likeness (QED) is 0.781. The van der Waals surface area contributed by atoms with E-state index in [9.17, 15) is 14.0 Å². The van der Waals surface area contributed by atoms with Crippen LogP contribution >= 0.6 is 0 Å². The van der Waals surface area contributed by atoms with Crippen LogP contribution < -0.4 is 9.64 Å². The lowest BCUT2D eigenvalue weighted by atomic mass is 10.1. The van der Waals surface area contributed by atoms with Crippen LogP contribution in [0.25, 0.3) is 0 Å². The molecule has 0 N–H and O–H groups in total. The Kier molecular flexibility index (Phi) is 4.42. The summed E-state index contributed by atoms with van der Waals surface area (Å²) >= 11 is 0. The fourth-order valence-electron chi connectivity index (χ4n) is 2.52. The number of halogens is 1. The molecule has 2 amide bonds. The summed E-state index contributed by atoms with van der Waals surface area (Å²) in [5.41, 5.74) is 1.37. The minimum atomic E-state index is -0.417. The third-order valence-corrected chi connectivity index (χ3v) is 3.67. The van der Waals surface area contributed by atoms with Crippen molar-refractivity contribution in [1.82, 2.24) is 0 Å². The highest BCUT2D eigenvalue weighted by molar-refractivity contribution is 6.28. The van der Waals surface area contributed by atoms with Crippen molar-refractivity contribution in [3.8, 4) is 11.5 Å². The second kappa shape index (κ2) is 6.66. The Morgan fingerprint density at radius 3 is 2.25 bits per heavy atom. The van der Waals surface area contributed by atoms with E-state index in [-0.39, 0.29) is 17.6 Å². The summed E-state index contributed by atoms with van der Waals surface area (Å²) in [6.07, 6.45) is 4.21. The van der Waals surface area contributed by atoms with E-state index in [1.807, 2.05) is 13.0 Å². The van der Waals surface area contributed by atoms with Crippen LogP contribution in [0.5, 0.6) is 11.5 Å². The van der Waals surface area contributed by atoms with Crippen LogP contribution in [0.3, 0.4) is 0 Å². The molecular formula is C19H16FNO3. The summed E-state index contributed by atoms with van der Waals surface area (Å²) in [5.74, 6) is -0.623. The van der Waals surface area contributed by atoms with Gasteiger partial charge in [-0.1, -0.05) is 19.4 Å². The molecule has 2 aromatic carbocycles. The van der Waals surface area contributed by atoms with Crippen LogP contribution in [0.2, 0.25) is 0 Å². The van der Waals surface area contributed by atoms with Gasteiger partial charge in [-0.3, -0.25) is 9.59 Å². The number of carbonyl (C=O) groups excluding carboxylic acids is 2. The number of hydrogen-bond donors (Lipinski definition) is 0. The standard InChI is InChI=1S/C19H16FNO3/c1-2-3-13-4-9-17(16(20)12-13)24-15-7-5-14(6-8-15)21-18(22)10-11-19(21)23/h4-12H,2-3H2,1H3. The molecule has 0 aliphatic carbocycles. The van der Waals surface area contributed by atoms with Crippen LogP contribution in [-0.2, 0) is 16.0 Å². The molecule has 0 aromatic heterocycles. The normalized spacial score (nSPS) is 13.7. The van der Waals surface area contributed by atoms with Gasteiger partial charge in [0.05, 0.1) is 5.69 Å². The van der Waals surface area contributed by atoms with E-state index < -0.39 is 5.82 Å². The highest BCUT2D eigenvalue weighted by atomic mass is 19.1. The Bertz CT molecular complexity index is 794. The molecule has 0 saturated carbocycles. The Morgan fingerprint density at radius 2 is 1.67 bits per heavy atom.